The van der Waals surface area contributed by atoms with Crippen molar-refractivity contribution in [2.75, 3.05) is 48.5 Å². The molecule has 8 nitrogen and oxygen atoms in total. The summed E-state index contributed by atoms with van der Waals surface area (Å²) in [6, 6.07) is 20.9. The van der Waals surface area contributed by atoms with Crippen molar-refractivity contribution in [1.82, 2.24) is 9.88 Å². The number of benzene rings is 3. The van der Waals surface area contributed by atoms with E-state index in [0.717, 1.165) is 29.1 Å². The zero-order valence-electron chi connectivity index (χ0n) is 23.8. The molecule has 41 heavy (non-hydrogen) atoms. The lowest BCUT2D eigenvalue weighted by Gasteiger charge is -2.25. The normalized spacial score (nSPS) is 11.3. The molecule has 0 radical (unpaired) electrons. The predicted molar refractivity (Wildman–Crippen MR) is 171 cm³/mol. The molecule has 220 valence electrons. The molecular formula is C30H37ClN4O4S2. The predicted octanol–water partition coefficient (Wildman–Crippen LogP) is 6.32. The SMILES string of the molecule is CCOc1ccc2nc(N(CCN(CC)CC)C(=O)c3ccc(S(=O)(=O)N(CC)c4ccccc4)cc3)sc2c1.Cl. The number of carbonyl (C=O) groups excluding carboxylic acids is 1. The van der Waals surface area contributed by atoms with Crippen LogP contribution in [0.2, 0.25) is 0 Å². The van der Waals surface area contributed by atoms with Gasteiger partial charge in [-0.2, -0.15) is 0 Å². The molecule has 0 unspecified atom stereocenters. The summed E-state index contributed by atoms with van der Waals surface area (Å²) < 4.78 is 34.8. The minimum absolute atomic E-state index is 0. The number of likely N-dealkylation sites (N-methyl/N-ethyl adjacent to an activating group) is 1. The van der Waals surface area contributed by atoms with Crippen LogP contribution in [-0.4, -0.2) is 63.5 Å². The Hall–Kier alpha value is -3.18. The van der Waals surface area contributed by atoms with E-state index in [2.05, 4.69) is 18.7 Å². The van der Waals surface area contributed by atoms with E-state index in [1.807, 2.05) is 43.3 Å². The lowest BCUT2D eigenvalue weighted by molar-refractivity contribution is 0.0983. The summed E-state index contributed by atoms with van der Waals surface area (Å²) in [5, 5.41) is 0.596. The summed E-state index contributed by atoms with van der Waals surface area (Å²) in [5.74, 6) is 0.537. The number of aromatic nitrogens is 1. The molecule has 4 rings (SSSR count). The van der Waals surface area contributed by atoms with Crippen molar-refractivity contribution in [2.24, 2.45) is 0 Å². The number of carbonyl (C=O) groups is 1. The van der Waals surface area contributed by atoms with E-state index in [-0.39, 0.29) is 29.8 Å². The number of hydrogen-bond donors (Lipinski definition) is 0. The maximum Gasteiger partial charge on any atom is 0.264 e. The highest BCUT2D eigenvalue weighted by atomic mass is 35.5. The minimum atomic E-state index is -3.79. The van der Waals surface area contributed by atoms with E-state index in [9.17, 15) is 13.2 Å². The van der Waals surface area contributed by atoms with Gasteiger partial charge >= 0.3 is 0 Å². The molecular weight excluding hydrogens is 580 g/mol. The first-order valence-electron chi connectivity index (χ1n) is 13.6. The molecule has 0 atom stereocenters. The highest BCUT2D eigenvalue weighted by Crippen LogP contribution is 2.32. The molecule has 3 aromatic carbocycles. The number of fused-ring (bicyclic) bond motifs is 1. The molecule has 0 fully saturated rings. The zero-order valence-corrected chi connectivity index (χ0v) is 26.3. The van der Waals surface area contributed by atoms with Crippen molar-refractivity contribution in [3.8, 4) is 5.75 Å². The maximum absolute atomic E-state index is 13.8. The molecule has 0 aliphatic heterocycles. The average Bonchev–Trinajstić information content (AvgIpc) is 3.39. The average molecular weight is 617 g/mol. The lowest BCUT2D eigenvalue weighted by Crippen LogP contribution is -2.39. The first-order valence-corrected chi connectivity index (χ1v) is 15.8. The van der Waals surface area contributed by atoms with E-state index in [1.54, 1.807) is 36.1 Å². The van der Waals surface area contributed by atoms with Crippen LogP contribution in [0.3, 0.4) is 0 Å². The number of hydrogen-bond acceptors (Lipinski definition) is 7. The second-order valence-electron chi connectivity index (χ2n) is 9.07. The van der Waals surface area contributed by atoms with Gasteiger partial charge in [-0.05, 0) is 81.5 Å². The molecule has 0 N–H and O–H groups in total. The van der Waals surface area contributed by atoms with Crippen molar-refractivity contribution in [2.45, 2.75) is 32.6 Å². The summed E-state index contributed by atoms with van der Waals surface area (Å²) in [6.07, 6.45) is 0. The Labute approximate surface area is 253 Å². The van der Waals surface area contributed by atoms with E-state index < -0.39 is 10.0 Å². The van der Waals surface area contributed by atoms with Crippen LogP contribution in [0.4, 0.5) is 10.8 Å². The molecule has 0 aliphatic rings. The van der Waals surface area contributed by atoms with Gasteiger partial charge in [-0.25, -0.2) is 13.4 Å². The van der Waals surface area contributed by atoms with Crippen LogP contribution >= 0.6 is 23.7 Å². The lowest BCUT2D eigenvalue weighted by atomic mass is 10.2. The number of nitrogens with zero attached hydrogens (tertiary/aromatic N) is 4. The highest BCUT2D eigenvalue weighted by Gasteiger charge is 2.26. The Morgan fingerprint density at radius 1 is 0.878 bits per heavy atom. The topological polar surface area (TPSA) is 83.0 Å². The zero-order chi connectivity index (χ0) is 28.7. The fourth-order valence-corrected chi connectivity index (χ4v) is 6.96. The Morgan fingerprint density at radius 2 is 1.56 bits per heavy atom. The van der Waals surface area contributed by atoms with Gasteiger partial charge in [-0.1, -0.05) is 43.4 Å². The molecule has 4 aromatic rings. The van der Waals surface area contributed by atoms with Crippen molar-refractivity contribution in [1.29, 1.82) is 0 Å². The number of rotatable bonds is 13. The van der Waals surface area contributed by atoms with Gasteiger partial charge in [0.05, 0.1) is 27.4 Å². The minimum Gasteiger partial charge on any atom is -0.494 e. The second-order valence-corrected chi connectivity index (χ2v) is 11.9. The van der Waals surface area contributed by atoms with Gasteiger partial charge in [0, 0.05) is 25.2 Å². The summed E-state index contributed by atoms with van der Waals surface area (Å²) in [7, 11) is -3.79. The highest BCUT2D eigenvalue weighted by molar-refractivity contribution is 7.92. The van der Waals surface area contributed by atoms with Gasteiger partial charge in [0.25, 0.3) is 15.9 Å². The fourth-order valence-electron chi connectivity index (χ4n) is 4.47. The molecule has 0 aliphatic carbocycles. The van der Waals surface area contributed by atoms with Crippen LogP contribution in [0.25, 0.3) is 10.2 Å². The van der Waals surface area contributed by atoms with Crippen LogP contribution in [0, 0.1) is 0 Å². The molecule has 1 heterocycles. The largest absolute Gasteiger partial charge is 0.494 e. The monoisotopic (exact) mass is 616 g/mol. The van der Waals surface area contributed by atoms with Crippen LogP contribution < -0.4 is 13.9 Å². The Bertz CT molecular complexity index is 1530. The van der Waals surface area contributed by atoms with Crippen LogP contribution in [0.5, 0.6) is 5.75 Å². The Balaban J connectivity index is 0.00000462. The van der Waals surface area contributed by atoms with Crippen molar-refractivity contribution < 1.29 is 17.9 Å². The summed E-state index contributed by atoms with van der Waals surface area (Å²) in [6.45, 7) is 11.7. The molecule has 11 heteroatoms. The Morgan fingerprint density at radius 3 is 2.17 bits per heavy atom. The molecule has 0 bridgehead atoms. The molecule has 0 saturated carbocycles. The number of halogens is 1. The van der Waals surface area contributed by atoms with Gasteiger partial charge in [-0.3, -0.25) is 14.0 Å². The molecule has 1 aromatic heterocycles. The summed E-state index contributed by atoms with van der Waals surface area (Å²) in [4.78, 5) is 22.7. The number of amides is 1. The molecule has 0 spiro atoms. The summed E-state index contributed by atoms with van der Waals surface area (Å²) >= 11 is 1.44. The standard InChI is InChI=1S/C30H36N4O4S2.ClH/c1-5-32(6-2)20-21-33(30-31-27-19-16-25(38-8-4)22-28(27)39-30)29(35)23-14-17-26(18-15-23)40(36,37)34(7-3)24-12-10-9-11-13-24;/h9-19,22H,5-8,20-21H2,1-4H3;1H. The molecule has 1 amide bonds. The van der Waals surface area contributed by atoms with Crippen molar-refractivity contribution >= 4 is 60.7 Å². The van der Waals surface area contributed by atoms with Gasteiger partial charge in [0.2, 0.25) is 0 Å². The maximum atomic E-state index is 13.8. The van der Waals surface area contributed by atoms with E-state index >= 15 is 0 Å². The molecule has 0 saturated heterocycles. The number of sulfonamides is 1. The van der Waals surface area contributed by atoms with Crippen LogP contribution in [0.1, 0.15) is 38.1 Å². The summed E-state index contributed by atoms with van der Waals surface area (Å²) in [5.41, 5.74) is 1.79. The first kappa shape index (κ1) is 32.3. The van der Waals surface area contributed by atoms with Crippen molar-refractivity contribution in [3.63, 3.8) is 0 Å². The third-order valence-corrected chi connectivity index (χ3v) is 9.65. The smallest absolute Gasteiger partial charge is 0.264 e. The third-order valence-electron chi connectivity index (χ3n) is 6.69. The number of para-hydroxylation sites is 1. The van der Waals surface area contributed by atoms with E-state index in [0.29, 0.717) is 36.1 Å². The van der Waals surface area contributed by atoms with Crippen LogP contribution in [-0.2, 0) is 10.0 Å². The van der Waals surface area contributed by atoms with E-state index in [4.69, 9.17) is 9.72 Å². The third kappa shape index (κ3) is 7.37. The van der Waals surface area contributed by atoms with Gasteiger partial charge < -0.3 is 9.64 Å². The van der Waals surface area contributed by atoms with Gasteiger partial charge in [0.1, 0.15) is 5.75 Å². The fraction of sp³-hybridized carbons (Fsp3) is 0.333. The van der Waals surface area contributed by atoms with Gasteiger partial charge in [-0.15, -0.1) is 12.4 Å². The first-order chi connectivity index (χ1) is 19.3. The van der Waals surface area contributed by atoms with E-state index in [1.165, 1.54) is 27.8 Å². The van der Waals surface area contributed by atoms with Gasteiger partial charge in [0.15, 0.2) is 5.13 Å². The van der Waals surface area contributed by atoms with Crippen molar-refractivity contribution in [3.05, 3.63) is 78.4 Å². The second kappa shape index (κ2) is 14.6. The number of ether oxygens (including phenoxy) is 1. The number of anilines is 2. The quantitative estimate of drug-likeness (QED) is 0.175. The number of thiazole rings is 1. The Kier molecular flexibility index (Phi) is 11.5. The van der Waals surface area contributed by atoms with Crippen LogP contribution in [0.15, 0.2) is 77.7 Å².